The molecule has 1 N–H and O–H groups in total. The molecule has 0 spiro atoms. The molecule has 0 aromatic heterocycles. The van der Waals surface area contributed by atoms with Gasteiger partial charge in [-0.2, -0.15) is 0 Å². The molecule has 1 unspecified atom stereocenters. The van der Waals surface area contributed by atoms with Gasteiger partial charge in [0.1, 0.15) is 17.2 Å². The topological polar surface area (TPSA) is 37.3 Å². The average Bonchev–Trinajstić information content (AvgIpc) is 2.53. The second kappa shape index (κ2) is 6.61. The van der Waals surface area contributed by atoms with Gasteiger partial charge in [0.15, 0.2) is 0 Å². The third-order valence-corrected chi connectivity index (χ3v) is 6.75. The fourth-order valence-electron chi connectivity index (χ4n) is 3.14. The predicted octanol–water partition coefficient (Wildman–Crippen LogP) is 4.53. The summed E-state index contributed by atoms with van der Waals surface area (Å²) in [5.74, 6) is -0.861. The van der Waals surface area contributed by atoms with Gasteiger partial charge in [-0.1, -0.05) is 24.3 Å². The highest BCUT2D eigenvalue weighted by Crippen LogP contribution is 2.45. The van der Waals surface area contributed by atoms with E-state index in [-0.39, 0.29) is 0 Å². The van der Waals surface area contributed by atoms with Crippen LogP contribution < -0.4 is 0 Å². The van der Waals surface area contributed by atoms with E-state index in [4.69, 9.17) is 0 Å². The lowest BCUT2D eigenvalue weighted by molar-refractivity contribution is 0.0459. The highest BCUT2D eigenvalue weighted by atomic mass is 32.2. The van der Waals surface area contributed by atoms with Crippen LogP contribution in [0, 0.1) is 11.6 Å². The van der Waals surface area contributed by atoms with Crippen molar-refractivity contribution in [2.75, 3.05) is 0 Å². The second-order valence-corrected chi connectivity index (χ2v) is 10.4. The van der Waals surface area contributed by atoms with Crippen LogP contribution >= 0.6 is 0 Å². The van der Waals surface area contributed by atoms with Crippen LogP contribution in [0.3, 0.4) is 0 Å². The van der Waals surface area contributed by atoms with Crippen molar-refractivity contribution in [2.45, 2.75) is 49.7 Å². The van der Waals surface area contributed by atoms with E-state index in [0.29, 0.717) is 11.1 Å². The van der Waals surface area contributed by atoms with Crippen molar-refractivity contribution in [3.05, 3.63) is 71.3 Å². The molecule has 0 amide bonds. The maximum atomic E-state index is 13.4. The lowest BCUT2D eigenvalue weighted by Gasteiger charge is -2.45. The van der Waals surface area contributed by atoms with Crippen molar-refractivity contribution in [1.29, 1.82) is 0 Å². The SMILES string of the molecule is CC(C)(C)S(=O)C(C)(C)C(O)(c1ccc(F)cc1)c1ccc(F)cc1. The van der Waals surface area contributed by atoms with Crippen molar-refractivity contribution in [3.8, 4) is 0 Å². The van der Waals surface area contributed by atoms with Crippen LogP contribution in [0.15, 0.2) is 48.5 Å². The Kier molecular flexibility index (Phi) is 5.22. The van der Waals surface area contributed by atoms with Crippen LogP contribution in [0.2, 0.25) is 0 Å². The van der Waals surface area contributed by atoms with Crippen LogP contribution in [-0.4, -0.2) is 18.8 Å². The molecule has 5 heteroatoms. The minimum absolute atomic E-state index is 0.406. The van der Waals surface area contributed by atoms with Crippen molar-refractivity contribution < 1.29 is 18.1 Å². The molecule has 0 aliphatic carbocycles. The van der Waals surface area contributed by atoms with Gasteiger partial charge >= 0.3 is 0 Å². The van der Waals surface area contributed by atoms with Crippen LogP contribution in [0.4, 0.5) is 8.78 Å². The summed E-state index contributed by atoms with van der Waals surface area (Å²) in [6.07, 6.45) is 0. The Hall–Kier alpha value is -1.59. The molecule has 0 saturated carbocycles. The van der Waals surface area contributed by atoms with E-state index in [1.165, 1.54) is 48.5 Å². The summed E-state index contributed by atoms with van der Waals surface area (Å²) in [6, 6.07) is 10.9. The summed E-state index contributed by atoms with van der Waals surface area (Å²) in [5.41, 5.74) is -0.877. The quantitative estimate of drug-likeness (QED) is 0.863. The molecular formula is C20H24F2O2S. The number of halogens is 2. The molecule has 2 rings (SSSR count). The Morgan fingerprint density at radius 3 is 1.36 bits per heavy atom. The maximum Gasteiger partial charge on any atom is 0.131 e. The van der Waals surface area contributed by atoms with E-state index in [0.717, 1.165) is 0 Å². The minimum atomic E-state index is -1.69. The lowest BCUT2D eigenvalue weighted by atomic mass is 9.77. The fourth-order valence-corrected chi connectivity index (χ4v) is 5.18. The first-order valence-electron chi connectivity index (χ1n) is 8.07. The van der Waals surface area contributed by atoms with Gasteiger partial charge in [0.2, 0.25) is 0 Å². The molecular weight excluding hydrogens is 342 g/mol. The number of aliphatic hydroxyl groups is 1. The zero-order valence-electron chi connectivity index (χ0n) is 15.1. The van der Waals surface area contributed by atoms with E-state index in [9.17, 15) is 18.1 Å². The number of rotatable bonds is 4. The zero-order valence-corrected chi connectivity index (χ0v) is 16.0. The van der Waals surface area contributed by atoms with Gasteiger partial charge in [0.05, 0.1) is 4.75 Å². The van der Waals surface area contributed by atoms with Crippen LogP contribution in [-0.2, 0) is 16.4 Å². The Balaban J connectivity index is 2.74. The van der Waals surface area contributed by atoms with Gasteiger partial charge in [-0.25, -0.2) is 8.78 Å². The molecule has 0 aliphatic rings. The van der Waals surface area contributed by atoms with E-state index in [1.54, 1.807) is 13.8 Å². The summed E-state index contributed by atoms with van der Waals surface area (Å²) in [6.45, 7) is 8.92. The van der Waals surface area contributed by atoms with Gasteiger partial charge in [-0.05, 0) is 70.0 Å². The van der Waals surface area contributed by atoms with Crippen LogP contribution in [0.1, 0.15) is 45.7 Å². The Bertz CT molecular complexity index is 714. The minimum Gasteiger partial charge on any atom is -0.379 e. The van der Waals surface area contributed by atoms with Gasteiger partial charge in [-0.15, -0.1) is 0 Å². The molecule has 25 heavy (non-hydrogen) atoms. The average molecular weight is 366 g/mol. The molecule has 0 heterocycles. The first-order chi connectivity index (χ1) is 11.4. The number of benzene rings is 2. The molecule has 2 nitrogen and oxygen atoms in total. The predicted molar refractivity (Wildman–Crippen MR) is 97.8 cm³/mol. The number of hydrogen-bond acceptors (Lipinski definition) is 2. The lowest BCUT2D eigenvalue weighted by Crippen LogP contribution is -2.55. The third kappa shape index (κ3) is 3.53. The molecule has 0 bridgehead atoms. The molecule has 1 atom stereocenters. The van der Waals surface area contributed by atoms with Crippen LogP contribution in [0.25, 0.3) is 0 Å². The largest absolute Gasteiger partial charge is 0.379 e. The van der Waals surface area contributed by atoms with E-state index < -0.39 is 37.5 Å². The summed E-state index contributed by atoms with van der Waals surface area (Å²) >= 11 is 0. The summed E-state index contributed by atoms with van der Waals surface area (Å²) in [5, 5.41) is 11.8. The van der Waals surface area contributed by atoms with Crippen LogP contribution in [0.5, 0.6) is 0 Å². The molecule has 2 aromatic rings. The van der Waals surface area contributed by atoms with E-state index in [1.807, 2.05) is 20.8 Å². The summed E-state index contributed by atoms with van der Waals surface area (Å²) < 4.78 is 38.3. The highest BCUT2D eigenvalue weighted by Gasteiger charge is 2.52. The van der Waals surface area contributed by atoms with E-state index >= 15 is 0 Å². The van der Waals surface area contributed by atoms with Crippen molar-refractivity contribution in [1.82, 2.24) is 0 Å². The molecule has 0 aliphatic heterocycles. The molecule has 0 radical (unpaired) electrons. The second-order valence-electron chi connectivity index (χ2n) is 7.62. The third-order valence-electron chi connectivity index (χ3n) is 4.41. The number of hydrogen-bond donors (Lipinski definition) is 1. The van der Waals surface area contributed by atoms with E-state index in [2.05, 4.69) is 0 Å². The molecule has 136 valence electrons. The Morgan fingerprint density at radius 2 is 1.08 bits per heavy atom. The monoisotopic (exact) mass is 366 g/mol. The normalized spacial score (nSPS) is 14.4. The Labute approximate surface area is 150 Å². The summed E-state index contributed by atoms with van der Waals surface area (Å²) in [7, 11) is -1.47. The molecule has 0 saturated heterocycles. The zero-order chi connectivity index (χ0) is 19.0. The van der Waals surface area contributed by atoms with Gasteiger partial charge in [0.25, 0.3) is 0 Å². The van der Waals surface area contributed by atoms with Gasteiger partial charge in [0, 0.05) is 15.5 Å². The van der Waals surface area contributed by atoms with Gasteiger partial charge in [-0.3, -0.25) is 4.21 Å². The molecule has 2 aromatic carbocycles. The van der Waals surface area contributed by atoms with Crippen molar-refractivity contribution >= 4 is 10.8 Å². The first kappa shape index (κ1) is 19.7. The summed E-state index contributed by atoms with van der Waals surface area (Å²) in [4.78, 5) is 0. The maximum absolute atomic E-state index is 13.4. The van der Waals surface area contributed by atoms with Crippen molar-refractivity contribution in [2.24, 2.45) is 0 Å². The fraction of sp³-hybridized carbons (Fsp3) is 0.400. The first-order valence-corrected chi connectivity index (χ1v) is 9.22. The highest BCUT2D eigenvalue weighted by molar-refractivity contribution is 7.87. The Morgan fingerprint density at radius 1 is 0.760 bits per heavy atom. The standard InChI is InChI=1S/C20H24F2O2S/c1-18(2,3)25(24)19(4,5)20(23,14-6-10-16(21)11-7-14)15-8-12-17(22)13-9-15/h6-13,23H,1-5H3. The molecule has 0 fully saturated rings. The smallest absolute Gasteiger partial charge is 0.131 e. The van der Waals surface area contributed by atoms with Crippen molar-refractivity contribution in [3.63, 3.8) is 0 Å². The van der Waals surface area contributed by atoms with Gasteiger partial charge < -0.3 is 5.11 Å².